The lowest BCUT2D eigenvalue weighted by molar-refractivity contribution is -0.131. The van der Waals surface area contributed by atoms with Crippen molar-refractivity contribution in [3.05, 3.63) is 34.7 Å². The van der Waals surface area contributed by atoms with E-state index >= 15 is 0 Å². The summed E-state index contributed by atoms with van der Waals surface area (Å²) in [6.07, 6.45) is 2.37. The quantitative estimate of drug-likeness (QED) is 0.588. The number of carbonyl (C=O) groups excluding carboxylic acids is 2. The zero-order valence-corrected chi connectivity index (χ0v) is 10.6. The third-order valence-corrected chi connectivity index (χ3v) is 3.27. The normalized spacial score (nSPS) is 15.9. The van der Waals surface area contributed by atoms with Gasteiger partial charge in [-0.25, -0.2) is 0 Å². The molecule has 1 aliphatic rings. The smallest absolute Gasteiger partial charge is 0.296 e. The predicted molar refractivity (Wildman–Crippen MR) is 72.5 cm³/mol. The fourth-order valence-corrected chi connectivity index (χ4v) is 2.31. The van der Waals surface area contributed by atoms with E-state index in [0.717, 1.165) is 9.80 Å². The Labute approximate surface area is 113 Å². The first-order chi connectivity index (χ1) is 9.59. The number of amides is 2. The van der Waals surface area contributed by atoms with E-state index in [1.165, 1.54) is 6.20 Å². The van der Waals surface area contributed by atoms with Gasteiger partial charge in [0.05, 0.1) is 11.6 Å². The summed E-state index contributed by atoms with van der Waals surface area (Å²) in [6.45, 7) is 0. The lowest BCUT2D eigenvalue weighted by atomic mass is 10.1. The lowest BCUT2D eigenvalue weighted by Gasteiger charge is -2.24. The topological polar surface area (TPSA) is 98.3 Å². The maximum Gasteiger partial charge on any atom is 0.296 e. The molecular formula is C13H12N4O3. The van der Waals surface area contributed by atoms with Crippen molar-refractivity contribution in [2.75, 3.05) is 10.7 Å². The van der Waals surface area contributed by atoms with Gasteiger partial charge in [-0.05, 0) is 12.5 Å². The highest BCUT2D eigenvalue weighted by molar-refractivity contribution is 6.10. The van der Waals surface area contributed by atoms with Gasteiger partial charge < -0.3 is 5.73 Å². The number of hydrogen-bond acceptors (Lipinski definition) is 5. The number of benzene rings is 1. The molecule has 7 heteroatoms. The van der Waals surface area contributed by atoms with Crippen LogP contribution in [-0.4, -0.2) is 21.7 Å². The Balaban J connectivity index is 2.25. The molecule has 0 spiro atoms. The van der Waals surface area contributed by atoms with Crippen LogP contribution in [0.5, 0.6) is 0 Å². The Kier molecular flexibility index (Phi) is 2.74. The minimum Gasteiger partial charge on any atom is -0.398 e. The van der Waals surface area contributed by atoms with Gasteiger partial charge >= 0.3 is 0 Å². The van der Waals surface area contributed by atoms with Gasteiger partial charge in [-0.1, -0.05) is 12.1 Å². The van der Waals surface area contributed by atoms with Crippen molar-refractivity contribution < 1.29 is 9.59 Å². The van der Waals surface area contributed by atoms with Crippen LogP contribution >= 0.6 is 0 Å². The number of imide groups is 1. The Bertz CT molecular complexity index is 765. The van der Waals surface area contributed by atoms with Gasteiger partial charge in [-0.3, -0.25) is 14.4 Å². The van der Waals surface area contributed by atoms with E-state index in [4.69, 9.17) is 5.73 Å². The van der Waals surface area contributed by atoms with E-state index in [0.29, 0.717) is 17.5 Å². The second-order valence-corrected chi connectivity index (χ2v) is 4.60. The average Bonchev–Trinajstić information content (AvgIpc) is 2.41. The van der Waals surface area contributed by atoms with Crippen LogP contribution in [0, 0.1) is 0 Å². The van der Waals surface area contributed by atoms with Gasteiger partial charge in [0.15, 0.2) is 0 Å². The fraction of sp³-hybridized carbons (Fsp3) is 0.231. The van der Waals surface area contributed by atoms with Crippen molar-refractivity contribution in [1.29, 1.82) is 0 Å². The minimum atomic E-state index is -0.566. The van der Waals surface area contributed by atoms with Crippen LogP contribution in [0.4, 0.5) is 5.69 Å². The Morgan fingerprint density at radius 3 is 2.50 bits per heavy atom. The van der Waals surface area contributed by atoms with Gasteiger partial charge in [0.1, 0.15) is 0 Å². The maximum atomic E-state index is 12.4. The molecule has 1 aromatic carbocycles. The third kappa shape index (κ3) is 1.75. The highest BCUT2D eigenvalue weighted by Gasteiger charge is 2.29. The van der Waals surface area contributed by atoms with Gasteiger partial charge in [0.25, 0.3) is 5.56 Å². The number of nitrogens with two attached hydrogens (primary N) is 1. The highest BCUT2D eigenvalue weighted by atomic mass is 16.2. The zero-order valence-electron chi connectivity index (χ0n) is 10.6. The largest absolute Gasteiger partial charge is 0.398 e. The van der Waals surface area contributed by atoms with Gasteiger partial charge in [-0.2, -0.15) is 10.1 Å². The molecule has 1 saturated heterocycles. The summed E-state index contributed by atoms with van der Waals surface area (Å²) in [6, 6.07) is 5.00. The Morgan fingerprint density at radius 1 is 1.10 bits per heavy atom. The van der Waals surface area contributed by atoms with Crippen molar-refractivity contribution in [3.63, 3.8) is 0 Å². The van der Waals surface area contributed by atoms with Crippen molar-refractivity contribution in [1.82, 2.24) is 9.89 Å². The second-order valence-electron chi connectivity index (χ2n) is 4.60. The third-order valence-electron chi connectivity index (χ3n) is 3.27. The summed E-state index contributed by atoms with van der Waals surface area (Å²) in [4.78, 5) is 36.9. The Morgan fingerprint density at radius 2 is 1.80 bits per heavy atom. The lowest BCUT2D eigenvalue weighted by Crippen LogP contribution is -2.53. The first kappa shape index (κ1) is 12.3. The van der Waals surface area contributed by atoms with Crippen LogP contribution < -0.4 is 16.3 Å². The van der Waals surface area contributed by atoms with Crippen LogP contribution in [0.2, 0.25) is 0 Å². The number of anilines is 1. The van der Waals surface area contributed by atoms with Crippen LogP contribution in [0.1, 0.15) is 19.3 Å². The van der Waals surface area contributed by atoms with E-state index in [1.54, 1.807) is 18.2 Å². The van der Waals surface area contributed by atoms with Crippen molar-refractivity contribution >= 4 is 28.3 Å². The molecule has 0 unspecified atom stereocenters. The van der Waals surface area contributed by atoms with Crippen molar-refractivity contribution in [2.45, 2.75) is 19.3 Å². The van der Waals surface area contributed by atoms with E-state index in [9.17, 15) is 14.4 Å². The molecule has 2 aromatic rings. The number of hydrogen-bond donors (Lipinski definition) is 1. The van der Waals surface area contributed by atoms with Crippen LogP contribution in [-0.2, 0) is 9.59 Å². The minimum absolute atomic E-state index is 0.224. The molecule has 0 bridgehead atoms. The molecule has 0 atom stereocenters. The van der Waals surface area contributed by atoms with E-state index in [1.807, 2.05) is 0 Å². The monoisotopic (exact) mass is 272 g/mol. The summed E-state index contributed by atoms with van der Waals surface area (Å²) in [5.74, 6) is -0.852. The molecule has 0 radical (unpaired) electrons. The SMILES string of the molecule is Nc1cccc2cnn(N3C(=O)CCCC3=O)c(=O)c12. The molecular weight excluding hydrogens is 260 g/mol. The number of nitrogens with zero attached hydrogens (tertiary/aromatic N) is 3. The van der Waals surface area contributed by atoms with Gasteiger partial charge in [0, 0.05) is 23.9 Å². The standard InChI is InChI=1S/C13H12N4O3/c14-9-4-1-3-8-7-15-17(13(20)12(8)9)16-10(18)5-2-6-11(16)19/h1,3-4,7H,2,5-6,14H2. The maximum absolute atomic E-state index is 12.4. The molecule has 20 heavy (non-hydrogen) atoms. The van der Waals surface area contributed by atoms with Crippen LogP contribution in [0.3, 0.4) is 0 Å². The summed E-state index contributed by atoms with van der Waals surface area (Å²) >= 11 is 0. The van der Waals surface area contributed by atoms with Gasteiger partial charge in [-0.15, -0.1) is 4.79 Å². The number of carbonyl (C=O) groups is 2. The molecule has 1 aromatic heterocycles. The summed E-state index contributed by atoms with van der Waals surface area (Å²) in [7, 11) is 0. The van der Waals surface area contributed by atoms with Crippen molar-refractivity contribution in [2.24, 2.45) is 0 Å². The van der Waals surface area contributed by atoms with E-state index in [2.05, 4.69) is 5.10 Å². The number of piperidine rings is 1. The summed E-state index contributed by atoms with van der Waals surface area (Å²) in [5.41, 5.74) is 5.52. The molecule has 102 valence electrons. The van der Waals surface area contributed by atoms with Gasteiger partial charge in [0.2, 0.25) is 11.8 Å². The molecule has 2 amide bonds. The van der Waals surface area contributed by atoms with Crippen molar-refractivity contribution in [3.8, 4) is 0 Å². The number of rotatable bonds is 1. The first-order valence-electron chi connectivity index (χ1n) is 6.22. The number of nitrogen functional groups attached to an aromatic ring is 1. The highest BCUT2D eigenvalue weighted by Crippen LogP contribution is 2.16. The predicted octanol–water partition coefficient (Wildman–Crippen LogP) is 0.154. The van der Waals surface area contributed by atoms with E-state index < -0.39 is 17.4 Å². The van der Waals surface area contributed by atoms with Crippen LogP contribution in [0.15, 0.2) is 29.2 Å². The molecule has 3 rings (SSSR count). The molecule has 1 aliphatic heterocycles. The number of fused-ring (bicyclic) bond motifs is 1. The Hall–Kier alpha value is -2.70. The number of aromatic nitrogens is 2. The average molecular weight is 272 g/mol. The fourth-order valence-electron chi connectivity index (χ4n) is 2.31. The molecule has 2 N–H and O–H groups in total. The summed E-state index contributed by atoms with van der Waals surface area (Å²) < 4.78 is 0. The molecule has 7 nitrogen and oxygen atoms in total. The van der Waals surface area contributed by atoms with E-state index in [-0.39, 0.29) is 18.2 Å². The molecule has 1 fully saturated rings. The molecule has 0 saturated carbocycles. The molecule has 0 aliphatic carbocycles. The zero-order chi connectivity index (χ0) is 14.3. The van der Waals surface area contributed by atoms with Crippen LogP contribution in [0.25, 0.3) is 10.8 Å². The second kappa shape index (κ2) is 4.44. The first-order valence-corrected chi connectivity index (χ1v) is 6.22. The summed E-state index contributed by atoms with van der Waals surface area (Å²) in [5, 5.41) is 5.54. The molecule has 2 heterocycles.